The van der Waals surface area contributed by atoms with E-state index in [0.717, 1.165) is 67.3 Å². The lowest BCUT2D eigenvalue weighted by atomic mass is 10.1. The number of carbonyl (C=O) groups is 1. The molecule has 0 aromatic heterocycles. The predicted molar refractivity (Wildman–Crippen MR) is 116 cm³/mol. The van der Waals surface area contributed by atoms with Crippen molar-refractivity contribution >= 4 is 33.2 Å². The number of ether oxygens (including phenoxy) is 1. The molecular weight excluding hydrogens is 418 g/mol. The summed E-state index contributed by atoms with van der Waals surface area (Å²) in [4.78, 5) is 19.6. The number of nitrogens with zero attached hydrogens (tertiary/aromatic N) is 3. The Morgan fingerprint density at radius 1 is 1.00 bits per heavy atom. The largest absolute Gasteiger partial charge is 0.495 e. The minimum absolute atomic E-state index is 0.0986. The third-order valence-corrected chi connectivity index (χ3v) is 6.26. The maximum absolute atomic E-state index is 12.9. The molecule has 2 heterocycles. The zero-order valence-electron chi connectivity index (χ0n) is 16.2. The minimum Gasteiger partial charge on any atom is -0.495 e. The number of anilines is 2. The Kier molecular flexibility index (Phi) is 5.87. The highest BCUT2D eigenvalue weighted by atomic mass is 79.9. The SMILES string of the molecule is COc1ccccc1N1CCN(CC2CCN(c3ccc(Br)cc3)C2=O)CC1. The maximum Gasteiger partial charge on any atom is 0.231 e. The van der Waals surface area contributed by atoms with Gasteiger partial charge in [0.05, 0.1) is 18.7 Å². The van der Waals surface area contributed by atoms with Gasteiger partial charge in [-0.05, 0) is 42.8 Å². The average Bonchev–Trinajstić information content (AvgIpc) is 3.09. The van der Waals surface area contributed by atoms with Gasteiger partial charge in [0, 0.05) is 49.4 Å². The van der Waals surface area contributed by atoms with Crippen LogP contribution in [0.2, 0.25) is 0 Å². The molecule has 0 N–H and O–H groups in total. The van der Waals surface area contributed by atoms with E-state index in [4.69, 9.17) is 4.74 Å². The van der Waals surface area contributed by atoms with Crippen molar-refractivity contribution in [2.75, 3.05) is 56.2 Å². The maximum atomic E-state index is 12.9. The van der Waals surface area contributed by atoms with Crippen LogP contribution >= 0.6 is 15.9 Å². The monoisotopic (exact) mass is 443 g/mol. The van der Waals surface area contributed by atoms with E-state index in [1.54, 1.807) is 7.11 Å². The minimum atomic E-state index is 0.0986. The molecule has 2 aromatic carbocycles. The van der Waals surface area contributed by atoms with Gasteiger partial charge >= 0.3 is 0 Å². The Balaban J connectivity index is 1.33. The number of piperazine rings is 1. The second-order valence-corrected chi connectivity index (χ2v) is 8.33. The van der Waals surface area contributed by atoms with E-state index < -0.39 is 0 Å². The molecule has 0 bridgehead atoms. The van der Waals surface area contributed by atoms with E-state index in [-0.39, 0.29) is 11.8 Å². The van der Waals surface area contributed by atoms with E-state index in [2.05, 4.69) is 37.9 Å². The van der Waals surface area contributed by atoms with Crippen molar-refractivity contribution in [2.45, 2.75) is 6.42 Å². The van der Waals surface area contributed by atoms with Gasteiger partial charge in [0.25, 0.3) is 0 Å². The van der Waals surface area contributed by atoms with E-state index in [0.29, 0.717) is 0 Å². The molecule has 6 heteroatoms. The fraction of sp³-hybridized carbons (Fsp3) is 0.409. The van der Waals surface area contributed by atoms with Crippen LogP contribution in [0.3, 0.4) is 0 Å². The Hall–Kier alpha value is -2.05. The summed E-state index contributed by atoms with van der Waals surface area (Å²) >= 11 is 3.46. The molecule has 2 fully saturated rings. The van der Waals surface area contributed by atoms with Gasteiger partial charge in [-0.15, -0.1) is 0 Å². The van der Waals surface area contributed by atoms with Crippen molar-refractivity contribution in [3.05, 3.63) is 53.0 Å². The Labute approximate surface area is 175 Å². The summed E-state index contributed by atoms with van der Waals surface area (Å²) in [6.07, 6.45) is 0.932. The summed E-state index contributed by atoms with van der Waals surface area (Å²) in [5, 5.41) is 0. The van der Waals surface area contributed by atoms with E-state index >= 15 is 0 Å². The van der Waals surface area contributed by atoms with Crippen molar-refractivity contribution in [1.29, 1.82) is 0 Å². The molecule has 5 nitrogen and oxygen atoms in total. The number of hydrogen-bond acceptors (Lipinski definition) is 4. The third kappa shape index (κ3) is 4.03. The normalized spacial score (nSPS) is 20.6. The Morgan fingerprint density at radius 2 is 1.71 bits per heavy atom. The van der Waals surface area contributed by atoms with Crippen LogP contribution in [-0.4, -0.2) is 57.2 Å². The number of para-hydroxylation sites is 2. The van der Waals surface area contributed by atoms with Gasteiger partial charge in [0.1, 0.15) is 5.75 Å². The molecule has 0 radical (unpaired) electrons. The van der Waals surface area contributed by atoms with Crippen LogP contribution in [0.1, 0.15) is 6.42 Å². The number of methoxy groups -OCH3 is 1. The highest BCUT2D eigenvalue weighted by molar-refractivity contribution is 9.10. The van der Waals surface area contributed by atoms with Crippen molar-refractivity contribution in [3.63, 3.8) is 0 Å². The van der Waals surface area contributed by atoms with Crippen LogP contribution < -0.4 is 14.5 Å². The first kappa shape index (κ1) is 19.3. The molecule has 2 aliphatic rings. The Morgan fingerprint density at radius 3 is 2.43 bits per heavy atom. The fourth-order valence-corrected chi connectivity index (χ4v) is 4.42. The average molecular weight is 444 g/mol. The van der Waals surface area contributed by atoms with Gasteiger partial charge in [-0.25, -0.2) is 0 Å². The smallest absolute Gasteiger partial charge is 0.231 e. The van der Waals surface area contributed by atoms with E-state index in [9.17, 15) is 4.79 Å². The van der Waals surface area contributed by atoms with Crippen LogP contribution in [-0.2, 0) is 4.79 Å². The zero-order chi connectivity index (χ0) is 19.5. The molecule has 2 aromatic rings. The van der Waals surface area contributed by atoms with Crippen molar-refractivity contribution in [2.24, 2.45) is 5.92 Å². The summed E-state index contributed by atoms with van der Waals surface area (Å²) in [5.41, 5.74) is 2.15. The molecular formula is C22H26BrN3O2. The quantitative estimate of drug-likeness (QED) is 0.706. The first-order valence-corrected chi connectivity index (χ1v) is 10.6. The fourth-order valence-electron chi connectivity index (χ4n) is 4.16. The number of rotatable bonds is 5. The second-order valence-electron chi connectivity index (χ2n) is 7.41. The lowest BCUT2D eigenvalue weighted by Gasteiger charge is -2.37. The third-order valence-electron chi connectivity index (χ3n) is 5.73. The van der Waals surface area contributed by atoms with Gasteiger partial charge in [0.2, 0.25) is 5.91 Å². The van der Waals surface area contributed by atoms with Crippen molar-refractivity contribution < 1.29 is 9.53 Å². The van der Waals surface area contributed by atoms with Crippen LogP contribution in [0.4, 0.5) is 11.4 Å². The zero-order valence-corrected chi connectivity index (χ0v) is 17.8. The second kappa shape index (κ2) is 8.53. The van der Waals surface area contributed by atoms with Gasteiger partial charge in [-0.3, -0.25) is 9.69 Å². The topological polar surface area (TPSA) is 36.0 Å². The molecule has 1 amide bonds. The number of amides is 1. The van der Waals surface area contributed by atoms with Crippen LogP contribution in [0.5, 0.6) is 5.75 Å². The van der Waals surface area contributed by atoms with Crippen molar-refractivity contribution in [1.82, 2.24) is 4.90 Å². The molecule has 1 atom stereocenters. The summed E-state index contributed by atoms with van der Waals surface area (Å²) < 4.78 is 6.53. The lowest BCUT2D eigenvalue weighted by molar-refractivity contribution is -0.120. The molecule has 4 rings (SSSR count). The van der Waals surface area contributed by atoms with E-state index in [1.807, 2.05) is 41.3 Å². The van der Waals surface area contributed by atoms with Gasteiger partial charge in [-0.1, -0.05) is 28.1 Å². The predicted octanol–water partition coefficient (Wildman–Crippen LogP) is 3.63. The van der Waals surface area contributed by atoms with Crippen LogP contribution in [0.25, 0.3) is 0 Å². The lowest BCUT2D eigenvalue weighted by Crippen LogP contribution is -2.48. The molecule has 148 valence electrons. The highest BCUT2D eigenvalue weighted by Crippen LogP contribution is 2.30. The van der Waals surface area contributed by atoms with Gasteiger partial charge in [0.15, 0.2) is 0 Å². The first-order chi connectivity index (χ1) is 13.7. The molecule has 0 saturated carbocycles. The molecule has 28 heavy (non-hydrogen) atoms. The van der Waals surface area contributed by atoms with Crippen molar-refractivity contribution in [3.8, 4) is 5.75 Å². The van der Waals surface area contributed by atoms with Gasteiger partial charge < -0.3 is 14.5 Å². The van der Waals surface area contributed by atoms with Gasteiger partial charge in [-0.2, -0.15) is 0 Å². The standard InChI is InChI=1S/C22H26BrN3O2/c1-28-21-5-3-2-4-20(21)25-14-12-24(13-15-25)16-17-10-11-26(22(17)27)19-8-6-18(23)7-9-19/h2-9,17H,10-16H2,1H3. The van der Waals surface area contributed by atoms with Crippen LogP contribution in [0, 0.1) is 5.92 Å². The summed E-state index contributed by atoms with van der Waals surface area (Å²) in [6, 6.07) is 16.2. The number of halogens is 1. The number of hydrogen-bond donors (Lipinski definition) is 0. The molecule has 2 aliphatic heterocycles. The Bertz CT molecular complexity index is 819. The molecule has 1 unspecified atom stereocenters. The molecule has 2 saturated heterocycles. The number of benzene rings is 2. The summed E-state index contributed by atoms with van der Waals surface area (Å²) in [5.74, 6) is 1.28. The highest BCUT2D eigenvalue weighted by Gasteiger charge is 2.34. The number of carbonyl (C=O) groups excluding carboxylic acids is 1. The molecule has 0 aliphatic carbocycles. The molecule has 0 spiro atoms. The first-order valence-electron chi connectivity index (χ1n) is 9.83. The summed E-state index contributed by atoms with van der Waals surface area (Å²) in [7, 11) is 1.72. The summed E-state index contributed by atoms with van der Waals surface area (Å²) in [6.45, 7) is 5.52. The van der Waals surface area contributed by atoms with Crippen LogP contribution in [0.15, 0.2) is 53.0 Å². The van der Waals surface area contributed by atoms with E-state index in [1.165, 1.54) is 0 Å².